The molecule has 0 aliphatic rings. The third kappa shape index (κ3) is 3.81. The Kier molecular flexibility index (Phi) is 5.22. The van der Waals surface area contributed by atoms with Crippen molar-refractivity contribution in [1.82, 2.24) is 0 Å². The zero-order valence-corrected chi connectivity index (χ0v) is 14.4. The molecule has 0 saturated carbocycles. The molecule has 2 aromatic carbocycles. The van der Waals surface area contributed by atoms with Gasteiger partial charge >= 0.3 is 5.97 Å². The molecule has 0 saturated heterocycles. The van der Waals surface area contributed by atoms with Gasteiger partial charge in [0.1, 0.15) is 0 Å². The third-order valence-corrected chi connectivity index (χ3v) is 3.89. The predicted octanol–water partition coefficient (Wildman–Crippen LogP) is 4.63. The molecular weight excluding hydrogens is 286 g/mol. The third-order valence-electron chi connectivity index (χ3n) is 3.89. The first-order chi connectivity index (χ1) is 10.9. The lowest BCUT2D eigenvalue weighted by molar-refractivity contribution is -0.133. The van der Waals surface area contributed by atoms with Gasteiger partial charge in [-0.1, -0.05) is 36.4 Å². The van der Waals surface area contributed by atoms with Crippen molar-refractivity contribution in [2.75, 3.05) is 12.4 Å². The molecule has 3 nitrogen and oxygen atoms in total. The highest BCUT2D eigenvalue weighted by molar-refractivity contribution is 6.18. The summed E-state index contributed by atoms with van der Waals surface area (Å²) in [5.41, 5.74) is 6.55. The zero-order chi connectivity index (χ0) is 17.0. The van der Waals surface area contributed by atoms with E-state index < -0.39 is 0 Å². The number of aryl methyl sites for hydroxylation is 3. The molecule has 2 rings (SSSR count). The van der Waals surface area contributed by atoms with E-state index in [4.69, 9.17) is 4.74 Å². The van der Waals surface area contributed by atoms with E-state index >= 15 is 0 Å². The van der Waals surface area contributed by atoms with Crippen LogP contribution < -0.4 is 5.32 Å². The summed E-state index contributed by atoms with van der Waals surface area (Å²) in [6, 6.07) is 14.0. The molecule has 3 heteroatoms. The van der Waals surface area contributed by atoms with Gasteiger partial charge in [-0.25, -0.2) is 4.79 Å². The summed E-state index contributed by atoms with van der Waals surface area (Å²) in [6.07, 6.45) is 0. The van der Waals surface area contributed by atoms with Crippen LogP contribution >= 0.6 is 0 Å². The molecule has 0 aliphatic carbocycles. The predicted molar refractivity (Wildman–Crippen MR) is 95.3 cm³/mol. The second-order valence-electron chi connectivity index (χ2n) is 5.75. The lowest BCUT2D eigenvalue weighted by Gasteiger charge is -2.16. The van der Waals surface area contributed by atoms with Crippen LogP contribution in [0.4, 0.5) is 5.69 Å². The highest BCUT2D eigenvalue weighted by atomic mass is 16.5. The summed E-state index contributed by atoms with van der Waals surface area (Å²) < 4.78 is 5.00. The number of carbonyl (C=O) groups is 1. The van der Waals surface area contributed by atoms with Gasteiger partial charge in [-0.3, -0.25) is 0 Å². The number of hydrogen-bond acceptors (Lipinski definition) is 3. The number of anilines is 1. The van der Waals surface area contributed by atoms with Crippen LogP contribution in [0, 0.1) is 20.8 Å². The molecule has 0 bridgehead atoms. The van der Waals surface area contributed by atoms with Crippen LogP contribution in [0.2, 0.25) is 0 Å². The molecule has 0 spiro atoms. The van der Waals surface area contributed by atoms with E-state index in [1.54, 1.807) is 0 Å². The first-order valence-electron chi connectivity index (χ1n) is 7.63. The van der Waals surface area contributed by atoms with Crippen molar-refractivity contribution in [2.45, 2.75) is 27.7 Å². The summed E-state index contributed by atoms with van der Waals surface area (Å²) in [6.45, 7) is 7.98. The van der Waals surface area contributed by atoms with E-state index in [1.807, 2.05) is 52.0 Å². The summed E-state index contributed by atoms with van der Waals surface area (Å²) in [4.78, 5) is 12.3. The van der Waals surface area contributed by atoms with Crippen molar-refractivity contribution in [1.29, 1.82) is 0 Å². The van der Waals surface area contributed by atoms with Gasteiger partial charge in [0.15, 0.2) is 0 Å². The van der Waals surface area contributed by atoms with Crippen LogP contribution in [-0.2, 0) is 9.53 Å². The summed E-state index contributed by atoms with van der Waals surface area (Å²) in [5.74, 6) is -0.338. The minimum atomic E-state index is -0.338. The van der Waals surface area contributed by atoms with E-state index in [0.29, 0.717) is 5.57 Å². The number of ether oxygens (including phenoxy) is 1. The average molecular weight is 309 g/mol. The second-order valence-corrected chi connectivity index (χ2v) is 5.75. The van der Waals surface area contributed by atoms with Crippen LogP contribution in [0.25, 0.3) is 5.57 Å². The lowest BCUT2D eigenvalue weighted by Crippen LogP contribution is -2.11. The molecule has 120 valence electrons. The topological polar surface area (TPSA) is 38.3 Å². The number of nitrogens with one attached hydrogen (secondary N) is 1. The molecule has 2 aromatic rings. The fraction of sp³-hybridized carbons (Fsp3) is 0.250. The first kappa shape index (κ1) is 16.8. The fourth-order valence-electron chi connectivity index (χ4n) is 2.56. The normalized spacial score (nSPS) is 11.7. The Morgan fingerprint density at radius 1 is 1.00 bits per heavy atom. The van der Waals surface area contributed by atoms with E-state index in [9.17, 15) is 4.79 Å². The van der Waals surface area contributed by atoms with Gasteiger partial charge in [0.2, 0.25) is 0 Å². The van der Waals surface area contributed by atoms with E-state index in [-0.39, 0.29) is 5.97 Å². The number of methoxy groups -OCH3 is 1. The standard InChI is InChI=1S/C20H23NO2/c1-13-10-11-15(3)18(12-13)21-16(4)19(20(22)23-5)17-9-7-6-8-14(17)2/h6-12,21H,1-5H3/b19-16+. The number of hydrogen-bond donors (Lipinski definition) is 1. The molecule has 0 aromatic heterocycles. The molecule has 0 aliphatic heterocycles. The minimum absolute atomic E-state index is 0.338. The average Bonchev–Trinajstić information content (AvgIpc) is 2.52. The van der Waals surface area contributed by atoms with Crippen LogP contribution in [-0.4, -0.2) is 13.1 Å². The molecule has 1 N–H and O–H groups in total. The van der Waals surface area contributed by atoms with Crippen LogP contribution in [0.15, 0.2) is 48.2 Å². The summed E-state index contributed by atoms with van der Waals surface area (Å²) >= 11 is 0. The Balaban J connectivity index is 2.52. The minimum Gasteiger partial charge on any atom is -0.465 e. The van der Waals surface area contributed by atoms with Crippen LogP contribution in [0.3, 0.4) is 0 Å². The van der Waals surface area contributed by atoms with E-state index in [0.717, 1.165) is 28.1 Å². The van der Waals surface area contributed by atoms with Crippen LogP contribution in [0.5, 0.6) is 0 Å². The van der Waals surface area contributed by atoms with Gasteiger partial charge in [-0.15, -0.1) is 0 Å². The Morgan fingerprint density at radius 3 is 2.35 bits per heavy atom. The van der Waals surface area contributed by atoms with Crippen molar-refractivity contribution in [3.63, 3.8) is 0 Å². The number of carbonyl (C=O) groups excluding carboxylic acids is 1. The largest absolute Gasteiger partial charge is 0.465 e. The molecule has 0 unspecified atom stereocenters. The van der Waals surface area contributed by atoms with E-state index in [1.165, 1.54) is 12.7 Å². The van der Waals surface area contributed by atoms with Gasteiger partial charge in [0.05, 0.1) is 12.7 Å². The quantitative estimate of drug-likeness (QED) is 0.661. The molecule has 0 fully saturated rings. The van der Waals surface area contributed by atoms with Crippen molar-refractivity contribution in [3.8, 4) is 0 Å². The van der Waals surface area contributed by atoms with Gasteiger partial charge < -0.3 is 10.1 Å². The summed E-state index contributed by atoms with van der Waals surface area (Å²) in [7, 11) is 1.41. The molecule has 0 amide bonds. The SMILES string of the molecule is COC(=O)/C(=C(\C)Nc1cc(C)ccc1C)c1ccccc1C. The van der Waals surface area contributed by atoms with Gasteiger partial charge in [-0.2, -0.15) is 0 Å². The van der Waals surface area contributed by atoms with E-state index in [2.05, 4.69) is 23.5 Å². The van der Waals surface area contributed by atoms with Crippen molar-refractivity contribution < 1.29 is 9.53 Å². The second kappa shape index (κ2) is 7.14. The van der Waals surface area contributed by atoms with Crippen molar-refractivity contribution in [2.24, 2.45) is 0 Å². The Labute approximate surface area is 138 Å². The molecular formula is C20H23NO2. The molecule has 0 radical (unpaired) electrons. The van der Waals surface area contributed by atoms with Crippen molar-refractivity contribution in [3.05, 3.63) is 70.4 Å². The number of allylic oxidation sites excluding steroid dienone is 1. The molecule has 0 heterocycles. The molecule has 23 heavy (non-hydrogen) atoms. The van der Waals surface area contributed by atoms with Gasteiger partial charge in [0, 0.05) is 11.4 Å². The Bertz CT molecular complexity index is 760. The summed E-state index contributed by atoms with van der Waals surface area (Å²) in [5, 5.41) is 3.37. The van der Waals surface area contributed by atoms with Crippen LogP contribution in [0.1, 0.15) is 29.2 Å². The number of esters is 1. The smallest absolute Gasteiger partial charge is 0.340 e. The van der Waals surface area contributed by atoms with Gasteiger partial charge in [-0.05, 0) is 56.0 Å². The maximum Gasteiger partial charge on any atom is 0.340 e. The highest BCUT2D eigenvalue weighted by Gasteiger charge is 2.18. The number of rotatable bonds is 4. The van der Waals surface area contributed by atoms with Gasteiger partial charge in [0.25, 0.3) is 0 Å². The Morgan fingerprint density at radius 2 is 1.70 bits per heavy atom. The molecule has 0 atom stereocenters. The highest BCUT2D eigenvalue weighted by Crippen LogP contribution is 2.26. The Hall–Kier alpha value is -2.55. The monoisotopic (exact) mass is 309 g/mol. The fourth-order valence-corrected chi connectivity index (χ4v) is 2.56. The number of benzene rings is 2. The zero-order valence-electron chi connectivity index (χ0n) is 14.4. The van der Waals surface area contributed by atoms with Crippen molar-refractivity contribution >= 4 is 17.2 Å². The lowest BCUT2D eigenvalue weighted by atomic mass is 9.98. The maximum atomic E-state index is 12.3. The first-order valence-corrected chi connectivity index (χ1v) is 7.63. The maximum absolute atomic E-state index is 12.3.